The van der Waals surface area contributed by atoms with Gasteiger partial charge in [-0.05, 0) is 96.0 Å². The van der Waals surface area contributed by atoms with E-state index >= 15 is 0 Å². The maximum absolute atomic E-state index is 12.0. The number of benzene rings is 3. The molecule has 3 aromatic carbocycles. The second kappa shape index (κ2) is 10.8. The second-order valence-electron chi connectivity index (χ2n) is 16.2. The zero-order valence-corrected chi connectivity index (χ0v) is 30.1. The number of H-pyrrole nitrogens is 2. The van der Waals surface area contributed by atoms with Crippen molar-refractivity contribution in [3.63, 3.8) is 0 Å². The predicted octanol–water partition coefficient (Wildman–Crippen LogP) is 11.1. The van der Waals surface area contributed by atoms with Crippen molar-refractivity contribution in [3.8, 4) is 56.5 Å². The monoisotopic (exact) mass is 660 g/mol. The van der Waals surface area contributed by atoms with Crippen LogP contribution >= 0.6 is 0 Å². The molecular formula is C44H44N4O2. The molecule has 5 heterocycles. The lowest BCUT2D eigenvalue weighted by Gasteiger charge is -2.27. The van der Waals surface area contributed by atoms with Crippen LogP contribution in [0.2, 0.25) is 0 Å². The molecule has 0 atom stereocenters. The number of aromatic nitrogens is 4. The number of aromatic hydroxyl groups is 2. The third-order valence-corrected chi connectivity index (χ3v) is 10.9. The summed E-state index contributed by atoms with van der Waals surface area (Å²) in [6.45, 7) is 17.5. The van der Waals surface area contributed by atoms with Crippen LogP contribution in [0, 0.1) is 0 Å². The number of phenolic OH excluding ortho intramolecular Hbond substituents is 2. The minimum atomic E-state index is -0.402. The highest BCUT2D eigenvalue weighted by molar-refractivity contribution is 6.04. The first-order chi connectivity index (χ1) is 23.7. The van der Waals surface area contributed by atoms with Crippen LogP contribution in [-0.4, -0.2) is 30.1 Å². The lowest BCUT2D eigenvalue weighted by atomic mass is 9.81. The van der Waals surface area contributed by atoms with E-state index in [4.69, 9.17) is 9.97 Å². The Balaban J connectivity index is 1.51. The Kier molecular flexibility index (Phi) is 6.90. The third kappa shape index (κ3) is 4.92. The number of pyridine rings is 2. The Morgan fingerprint density at radius 1 is 0.560 bits per heavy atom. The summed E-state index contributed by atoms with van der Waals surface area (Å²) in [4.78, 5) is 17.9. The van der Waals surface area contributed by atoms with E-state index in [-0.39, 0.29) is 22.3 Å². The molecule has 0 amide bonds. The van der Waals surface area contributed by atoms with E-state index in [9.17, 15) is 10.2 Å². The van der Waals surface area contributed by atoms with Gasteiger partial charge in [0.2, 0.25) is 0 Å². The molecule has 0 unspecified atom stereocenters. The lowest BCUT2D eigenvalue weighted by molar-refractivity contribution is 0.477. The van der Waals surface area contributed by atoms with Gasteiger partial charge in [0, 0.05) is 61.2 Å². The van der Waals surface area contributed by atoms with Crippen LogP contribution in [0.1, 0.15) is 84.3 Å². The Labute approximate surface area is 293 Å². The van der Waals surface area contributed by atoms with Gasteiger partial charge in [0.1, 0.15) is 11.5 Å². The maximum Gasteiger partial charge on any atom is 0.134 e. The summed E-state index contributed by atoms with van der Waals surface area (Å²) in [7, 11) is 0. The van der Waals surface area contributed by atoms with E-state index in [0.29, 0.717) is 22.5 Å². The number of aromatic amines is 2. The van der Waals surface area contributed by atoms with E-state index < -0.39 is 5.41 Å². The molecule has 0 aliphatic carbocycles. The zero-order valence-electron chi connectivity index (χ0n) is 30.1. The molecule has 0 fully saturated rings. The van der Waals surface area contributed by atoms with E-state index in [1.165, 1.54) is 0 Å². The van der Waals surface area contributed by atoms with E-state index in [1.807, 2.05) is 12.1 Å². The van der Waals surface area contributed by atoms with Crippen LogP contribution in [0.25, 0.3) is 66.8 Å². The summed E-state index contributed by atoms with van der Waals surface area (Å²) < 4.78 is 0. The van der Waals surface area contributed by atoms with Crippen molar-refractivity contribution in [3.05, 3.63) is 107 Å². The van der Waals surface area contributed by atoms with Gasteiger partial charge in [-0.1, -0.05) is 72.7 Å². The van der Waals surface area contributed by atoms with Crippen molar-refractivity contribution in [2.75, 3.05) is 0 Å². The SMILES string of the molecule is CCC1(C)c2ccc([nH]2)-c2cc(C(C)(C)C)cc(c2O)-c2ccc3ccc4ccc(nc4c3n2)-c2cc(C(C)(C)C)cc(c2O)-c2ccc1[nH]2. The summed E-state index contributed by atoms with van der Waals surface area (Å²) in [6, 6.07) is 28.9. The number of nitrogens with one attached hydrogen (secondary N) is 2. The highest BCUT2D eigenvalue weighted by Gasteiger charge is 2.32. The Hall–Kier alpha value is -5.36. The Morgan fingerprint density at radius 2 is 0.940 bits per heavy atom. The summed E-state index contributed by atoms with van der Waals surface area (Å²) in [5.74, 6) is 0.363. The molecule has 0 saturated heterocycles. The number of hydrogen-bond donors (Lipinski definition) is 4. The summed E-state index contributed by atoms with van der Waals surface area (Å²) in [5.41, 5.74) is 10.8. The van der Waals surface area contributed by atoms with Gasteiger partial charge in [-0.25, -0.2) is 9.97 Å². The average molecular weight is 661 g/mol. The van der Waals surface area contributed by atoms with Gasteiger partial charge < -0.3 is 20.2 Å². The van der Waals surface area contributed by atoms with Gasteiger partial charge >= 0.3 is 0 Å². The van der Waals surface area contributed by atoms with Crippen LogP contribution < -0.4 is 0 Å². The van der Waals surface area contributed by atoms with Gasteiger partial charge in [0.25, 0.3) is 0 Å². The number of hydrogen-bond acceptors (Lipinski definition) is 4. The molecule has 8 rings (SSSR count). The van der Waals surface area contributed by atoms with Crippen LogP contribution in [0.15, 0.2) is 84.9 Å². The fourth-order valence-corrected chi connectivity index (χ4v) is 7.28. The molecule has 0 radical (unpaired) electrons. The van der Waals surface area contributed by atoms with Gasteiger partial charge in [-0.3, -0.25) is 0 Å². The van der Waals surface area contributed by atoms with E-state index in [1.54, 1.807) is 0 Å². The topological polar surface area (TPSA) is 97.8 Å². The highest BCUT2D eigenvalue weighted by atomic mass is 16.3. The molecule has 252 valence electrons. The first-order valence-corrected chi connectivity index (χ1v) is 17.5. The molecule has 4 aromatic heterocycles. The largest absolute Gasteiger partial charge is 0.507 e. The van der Waals surface area contributed by atoms with E-state index in [2.05, 4.69) is 138 Å². The molecule has 12 bridgehead atoms. The summed E-state index contributed by atoms with van der Waals surface area (Å²) in [6.07, 6.45) is 0.817. The van der Waals surface area contributed by atoms with Crippen LogP contribution in [0.3, 0.4) is 0 Å². The van der Waals surface area contributed by atoms with Crippen molar-refractivity contribution in [2.24, 2.45) is 0 Å². The van der Waals surface area contributed by atoms with Crippen LogP contribution in [-0.2, 0) is 16.2 Å². The maximum atomic E-state index is 12.0. The first-order valence-electron chi connectivity index (χ1n) is 17.5. The zero-order chi connectivity index (χ0) is 35.3. The molecule has 0 saturated carbocycles. The molecule has 1 aliphatic heterocycles. The number of nitrogens with zero attached hydrogens (tertiary/aromatic N) is 2. The average Bonchev–Trinajstić information content (AvgIpc) is 3.78. The third-order valence-electron chi connectivity index (χ3n) is 10.9. The first kappa shape index (κ1) is 31.9. The molecule has 6 nitrogen and oxygen atoms in total. The van der Waals surface area contributed by atoms with Gasteiger partial charge in [-0.15, -0.1) is 0 Å². The molecular weight excluding hydrogens is 617 g/mol. The minimum absolute atomic E-state index is 0.178. The molecule has 0 spiro atoms. The molecule has 4 N–H and O–H groups in total. The minimum Gasteiger partial charge on any atom is -0.507 e. The number of fused-ring (bicyclic) bond motifs is 14. The lowest BCUT2D eigenvalue weighted by Crippen LogP contribution is -2.23. The summed E-state index contributed by atoms with van der Waals surface area (Å²) >= 11 is 0. The van der Waals surface area contributed by atoms with Crippen LogP contribution in [0.4, 0.5) is 0 Å². The standard InChI is InChI=1S/C44H44N4O2/c1-9-44(8)36-18-16-32(45-36)28-20-26(42(2,3)4)22-30(40(28)49)34-14-12-24-10-11-25-13-15-35(48-39(25)38(24)47-34)31-23-27(43(5,6)7)21-29(41(31)50)33-17-19-37(44)46-33/h10-23,45-46,49-50H,9H2,1-8H3. The fourth-order valence-electron chi connectivity index (χ4n) is 7.28. The molecule has 7 aromatic rings. The molecule has 50 heavy (non-hydrogen) atoms. The second-order valence-corrected chi connectivity index (χ2v) is 16.2. The predicted molar refractivity (Wildman–Crippen MR) is 205 cm³/mol. The molecule has 1 aliphatic rings. The normalized spacial score (nSPS) is 14.0. The Bertz CT molecular complexity index is 2320. The van der Waals surface area contributed by atoms with Crippen molar-refractivity contribution < 1.29 is 10.2 Å². The van der Waals surface area contributed by atoms with Gasteiger partial charge in [0.15, 0.2) is 0 Å². The number of phenols is 2. The summed E-state index contributed by atoms with van der Waals surface area (Å²) in [5, 5.41) is 26.0. The van der Waals surface area contributed by atoms with Crippen molar-refractivity contribution in [1.29, 1.82) is 0 Å². The van der Waals surface area contributed by atoms with Crippen molar-refractivity contribution in [1.82, 2.24) is 19.9 Å². The Morgan fingerprint density at radius 3 is 1.32 bits per heavy atom. The van der Waals surface area contributed by atoms with Crippen LogP contribution in [0.5, 0.6) is 11.5 Å². The van der Waals surface area contributed by atoms with Gasteiger partial charge in [-0.2, -0.15) is 0 Å². The van der Waals surface area contributed by atoms with Gasteiger partial charge in [0.05, 0.1) is 22.4 Å². The van der Waals surface area contributed by atoms with Crippen molar-refractivity contribution >= 4 is 21.8 Å². The smallest absolute Gasteiger partial charge is 0.134 e. The number of rotatable bonds is 1. The highest BCUT2D eigenvalue weighted by Crippen LogP contribution is 2.46. The fraction of sp³-hybridized carbons (Fsp3) is 0.273. The van der Waals surface area contributed by atoms with E-state index in [0.717, 1.165) is 73.3 Å². The van der Waals surface area contributed by atoms with Crippen molar-refractivity contribution in [2.45, 2.75) is 78.1 Å². The quantitative estimate of drug-likeness (QED) is 0.132. The molecule has 6 heteroatoms.